The van der Waals surface area contributed by atoms with Crippen molar-refractivity contribution in [2.75, 3.05) is 5.32 Å². The minimum atomic E-state index is -0.415. The Hall–Kier alpha value is -2.69. The minimum absolute atomic E-state index is 0.0353. The van der Waals surface area contributed by atoms with Crippen LogP contribution in [0.1, 0.15) is 21.5 Å². The van der Waals surface area contributed by atoms with Gasteiger partial charge in [0.05, 0.1) is 10.6 Å². The van der Waals surface area contributed by atoms with E-state index in [0.717, 1.165) is 5.56 Å². The maximum atomic E-state index is 12.5. The predicted octanol–water partition coefficient (Wildman–Crippen LogP) is 6.36. The van der Waals surface area contributed by atoms with Crippen molar-refractivity contribution in [2.45, 2.75) is 13.8 Å². The lowest BCUT2D eigenvalue weighted by molar-refractivity contribution is 0.102. The number of hydrogen-bond acceptors (Lipinski definition) is 3. The Bertz CT molecular complexity index is 1000. The molecule has 27 heavy (non-hydrogen) atoms. The Balaban J connectivity index is 1.78. The van der Waals surface area contributed by atoms with E-state index in [1.807, 2.05) is 13.0 Å². The van der Waals surface area contributed by atoms with E-state index in [1.165, 1.54) is 0 Å². The number of nitrogens with one attached hydrogen (secondary N) is 1. The minimum Gasteiger partial charge on any atom is -0.507 e. The summed E-state index contributed by atoms with van der Waals surface area (Å²) in [7, 11) is 0. The maximum Gasteiger partial charge on any atom is 0.259 e. The average Bonchev–Trinajstić information content (AvgIpc) is 2.62. The highest BCUT2D eigenvalue weighted by atomic mass is 35.5. The Morgan fingerprint density at radius 3 is 2.37 bits per heavy atom. The first-order valence-electron chi connectivity index (χ1n) is 8.18. The van der Waals surface area contributed by atoms with Crippen molar-refractivity contribution in [3.05, 3.63) is 81.3 Å². The first-order chi connectivity index (χ1) is 12.8. The van der Waals surface area contributed by atoms with E-state index in [-0.39, 0.29) is 11.3 Å². The van der Waals surface area contributed by atoms with Gasteiger partial charge in [0.1, 0.15) is 17.2 Å². The zero-order chi connectivity index (χ0) is 19.6. The predicted molar refractivity (Wildman–Crippen MR) is 109 cm³/mol. The van der Waals surface area contributed by atoms with Crippen LogP contribution in [0.3, 0.4) is 0 Å². The molecule has 3 aromatic carbocycles. The number of halogens is 2. The molecule has 0 radical (unpaired) electrons. The lowest BCUT2D eigenvalue weighted by atomic mass is 10.0. The van der Waals surface area contributed by atoms with E-state index in [2.05, 4.69) is 5.32 Å². The molecule has 3 aromatic rings. The van der Waals surface area contributed by atoms with E-state index in [1.54, 1.807) is 55.5 Å². The number of phenols is 1. The number of carbonyl (C=O) groups is 1. The SMILES string of the molecule is Cc1cc(C)c(O)c(C(=O)Nc2ccc(Oc3ccc(Cl)cc3)c(Cl)c2)c1. The van der Waals surface area contributed by atoms with Crippen LogP contribution in [0.25, 0.3) is 0 Å². The molecule has 0 spiro atoms. The Morgan fingerprint density at radius 2 is 1.70 bits per heavy atom. The summed E-state index contributed by atoms with van der Waals surface area (Å²) in [5.41, 5.74) is 2.24. The number of phenolic OH excluding ortho intramolecular Hbond substituents is 1. The number of ether oxygens (including phenoxy) is 1. The van der Waals surface area contributed by atoms with Crippen LogP contribution in [0.2, 0.25) is 10.0 Å². The number of carbonyl (C=O) groups excluding carboxylic acids is 1. The van der Waals surface area contributed by atoms with Gasteiger partial charge < -0.3 is 15.2 Å². The highest BCUT2D eigenvalue weighted by Crippen LogP contribution is 2.32. The van der Waals surface area contributed by atoms with Gasteiger partial charge in [0.2, 0.25) is 0 Å². The number of aryl methyl sites for hydroxylation is 2. The molecule has 0 fully saturated rings. The number of benzene rings is 3. The molecule has 3 rings (SSSR count). The summed E-state index contributed by atoms with van der Waals surface area (Å²) in [6.45, 7) is 3.61. The number of amides is 1. The second kappa shape index (κ2) is 7.91. The van der Waals surface area contributed by atoms with Crippen LogP contribution in [0.15, 0.2) is 54.6 Å². The molecule has 1 amide bonds. The van der Waals surface area contributed by atoms with Crippen LogP contribution >= 0.6 is 23.2 Å². The molecule has 0 heterocycles. The summed E-state index contributed by atoms with van der Waals surface area (Å²) in [5, 5.41) is 13.8. The van der Waals surface area contributed by atoms with Crippen molar-refractivity contribution in [2.24, 2.45) is 0 Å². The number of rotatable bonds is 4. The molecule has 4 nitrogen and oxygen atoms in total. The highest BCUT2D eigenvalue weighted by Gasteiger charge is 2.15. The van der Waals surface area contributed by atoms with Gasteiger partial charge in [0, 0.05) is 10.7 Å². The molecule has 0 unspecified atom stereocenters. The van der Waals surface area contributed by atoms with E-state index < -0.39 is 5.91 Å². The third kappa shape index (κ3) is 4.54. The van der Waals surface area contributed by atoms with Gasteiger partial charge in [-0.05, 0) is 73.5 Å². The number of hydrogen-bond donors (Lipinski definition) is 2. The first-order valence-corrected chi connectivity index (χ1v) is 8.93. The van der Waals surface area contributed by atoms with Crippen LogP contribution in [0, 0.1) is 13.8 Å². The van der Waals surface area contributed by atoms with Crippen molar-refractivity contribution in [1.29, 1.82) is 0 Å². The second-order valence-electron chi connectivity index (χ2n) is 6.13. The number of anilines is 1. The quantitative estimate of drug-likeness (QED) is 0.534. The van der Waals surface area contributed by atoms with Crippen LogP contribution in [0.4, 0.5) is 5.69 Å². The summed E-state index contributed by atoms with van der Waals surface area (Å²) < 4.78 is 5.72. The fraction of sp³-hybridized carbons (Fsp3) is 0.0952. The zero-order valence-electron chi connectivity index (χ0n) is 14.7. The molecule has 0 saturated carbocycles. The Morgan fingerprint density at radius 1 is 1.00 bits per heavy atom. The van der Waals surface area contributed by atoms with E-state index in [0.29, 0.717) is 32.8 Å². The Labute approximate surface area is 167 Å². The highest BCUT2D eigenvalue weighted by molar-refractivity contribution is 6.32. The lowest BCUT2D eigenvalue weighted by Crippen LogP contribution is -2.12. The van der Waals surface area contributed by atoms with Gasteiger partial charge in [0.15, 0.2) is 0 Å². The Kier molecular flexibility index (Phi) is 5.59. The van der Waals surface area contributed by atoms with Crippen molar-refractivity contribution >= 4 is 34.8 Å². The smallest absolute Gasteiger partial charge is 0.259 e. The summed E-state index contributed by atoms with van der Waals surface area (Å²) >= 11 is 12.1. The molecule has 0 bridgehead atoms. The van der Waals surface area contributed by atoms with Gasteiger partial charge >= 0.3 is 0 Å². The third-order valence-electron chi connectivity index (χ3n) is 3.92. The molecule has 138 valence electrons. The van der Waals surface area contributed by atoms with Crippen molar-refractivity contribution in [1.82, 2.24) is 0 Å². The first kappa shape index (κ1) is 19.1. The third-order valence-corrected chi connectivity index (χ3v) is 4.47. The van der Waals surface area contributed by atoms with E-state index >= 15 is 0 Å². The van der Waals surface area contributed by atoms with E-state index in [9.17, 15) is 9.90 Å². The molecule has 0 aliphatic heterocycles. The molecule has 0 saturated heterocycles. The van der Waals surface area contributed by atoms with Crippen molar-refractivity contribution in [3.8, 4) is 17.2 Å². The zero-order valence-corrected chi connectivity index (χ0v) is 16.2. The molecule has 0 aliphatic carbocycles. The van der Waals surface area contributed by atoms with Crippen LogP contribution < -0.4 is 10.1 Å². The van der Waals surface area contributed by atoms with Gasteiger partial charge in [-0.15, -0.1) is 0 Å². The molecule has 0 atom stereocenters. The van der Waals surface area contributed by atoms with Gasteiger partial charge in [0.25, 0.3) is 5.91 Å². The van der Waals surface area contributed by atoms with Gasteiger partial charge in [-0.25, -0.2) is 0 Å². The fourth-order valence-corrected chi connectivity index (χ4v) is 2.97. The van der Waals surface area contributed by atoms with Crippen LogP contribution in [-0.4, -0.2) is 11.0 Å². The van der Waals surface area contributed by atoms with E-state index in [4.69, 9.17) is 27.9 Å². The normalized spacial score (nSPS) is 10.5. The molecule has 0 aromatic heterocycles. The summed E-state index contributed by atoms with van der Waals surface area (Å²) in [4.78, 5) is 12.5. The number of aromatic hydroxyl groups is 1. The van der Waals surface area contributed by atoms with Gasteiger partial charge in [-0.1, -0.05) is 29.3 Å². The fourth-order valence-electron chi connectivity index (χ4n) is 2.62. The topological polar surface area (TPSA) is 58.6 Å². The summed E-state index contributed by atoms with van der Waals surface area (Å²) in [6.07, 6.45) is 0. The molecular weight excluding hydrogens is 385 g/mol. The van der Waals surface area contributed by atoms with Gasteiger partial charge in [-0.3, -0.25) is 4.79 Å². The van der Waals surface area contributed by atoms with Gasteiger partial charge in [-0.2, -0.15) is 0 Å². The monoisotopic (exact) mass is 401 g/mol. The molecule has 2 N–H and O–H groups in total. The van der Waals surface area contributed by atoms with Crippen molar-refractivity contribution in [3.63, 3.8) is 0 Å². The van der Waals surface area contributed by atoms with Crippen LogP contribution in [0.5, 0.6) is 17.2 Å². The van der Waals surface area contributed by atoms with Crippen molar-refractivity contribution < 1.29 is 14.6 Å². The molecular formula is C21H17Cl2NO3. The summed E-state index contributed by atoms with van der Waals surface area (Å²) in [6, 6.07) is 15.3. The maximum absolute atomic E-state index is 12.5. The standard InChI is InChI=1S/C21H17Cl2NO3/c1-12-9-13(2)20(25)17(10-12)21(26)24-15-5-8-19(18(23)11-15)27-16-6-3-14(22)4-7-16/h3-11,25H,1-2H3,(H,24,26). The second-order valence-corrected chi connectivity index (χ2v) is 6.98. The van der Waals surface area contributed by atoms with Crippen LogP contribution in [-0.2, 0) is 0 Å². The average molecular weight is 402 g/mol. The molecule has 0 aliphatic rings. The molecule has 6 heteroatoms. The lowest BCUT2D eigenvalue weighted by Gasteiger charge is -2.12. The largest absolute Gasteiger partial charge is 0.507 e. The summed E-state index contributed by atoms with van der Waals surface area (Å²) in [5.74, 6) is 0.595.